The quantitative estimate of drug-likeness (QED) is 0.592. The van der Waals surface area contributed by atoms with Gasteiger partial charge in [0.25, 0.3) is 0 Å². The van der Waals surface area contributed by atoms with E-state index in [4.69, 9.17) is 0 Å². The van der Waals surface area contributed by atoms with Crippen LogP contribution in [0.15, 0.2) is 54.6 Å². The van der Waals surface area contributed by atoms with Crippen LogP contribution in [-0.2, 0) is 4.79 Å². The van der Waals surface area contributed by atoms with Gasteiger partial charge in [0.15, 0.2) is 0 Å². The summed E-state index contributed by atoms with van der Waals surface area (Å²) in [6, 6.07) is 13.8. The van der Waals surface area contributed by atoms with Crippen molar-refractivity contribution in [2.75, 3.05) is 0 Å². The molecule has 0 unspecified atom stereocenters. The van der Waals surface area contributed by atoms with Gasteiger partial charge in [-0.05, 0) is 35.6 Å². The second kappa shape index (κ2) is 8.17. The molecule has 2 aromatic carbocycles. The number of carbonyl (C=O) groups excluding carboxylic acids is 1. The summed E-state index contributed by atoms with van der Waals surface area (Å²) in [4.78, 5) is 11.3. The Balaban J connectivity index is 2.22. The van der Waals surface area contributed by atoms with Crippen LogP contribution in [-0.4, -0.2) is 12.0 Å². The normalized spacial score (nSPS) is 11.5. The van der Waals surface area contributed by atoms with E-state index < -0.39 is 30.1 Å². The lowest BCUT2D eigenvalue weighted by molar-refractivity contribution is -0.171. The Morgan fingerprint density at radius 1 is 1.00 bits per heavy atom. The van der Waals surface area contributed by atoms with Crippen molar-refractivity contribution in [3.8, 4) is 23.7 Å². The van der Waals surface area contributed by atoms with Gasteiger partial charge in [-0.25, -0.2) is 4.39 Å². The number of hydrogen-bond acceptors (Lipinski definition) is 1. The van der Waals surface area contributed by atoms with Gasteiger partial charge in [-0.1, -0.05) is 48.2 Å². The minimum Gasteiger partial charge on any atom is -0.290 e. The van der Waals surface area contributed by atoms with Crippen molar-refractivity contribution in [1.82, 2.24) is 0 Å². The number of rotatable bonds is 3. The lowest BCUT2D eigenvalue weighted by Gasteiger charge is -2.11. The maximum atomic E-state index is 13.0. The zero-order valence-corrected chi connectivity index (χ0v) is 12.9. The minimum absolute atomic E-state index is 0.400. The first kappa shape index (κ1) is 18.3. The highest BCUT2D eigenvalue weighted by Gasteiger charge is 2.39. The number of Topliss-reactive ketones (excluding diaryl/α,β-unsaturated/α-hetero) is 1. The van der Waals surface area contributed by atoms with Crippen LogP contribution in [0.25, 0.3) is 0 Å². The number of hydrogen-bond donors (Lipinski definition) is 0. The van der Waals surface area contributed by atoms with E-state index in [1.54, 1.807) is 36.4 Å². The summed E-state index contributed by atoms with van der Waals surface area (Å²) in [5, 5.41) is 0. The molecule has 0 radical (unpaired) electrons. The average molecular weight is 344 g/mol. The van der Waals surface area contributed by atoms with Crippen molar-refractivity contribution in [2.24, 2.45) is 0 Å². The second-order valence-electron chi connectivity index (χ2n) is 5.12. The summed E-state index contributed by atoms with van der Waals surface area (Å²) in [6.07, 6.45) is -5.68. The Hall–Kier alpha value is -3.05. The minimum atomic E-state index is -4.90. The summed E-state index contributed by atoms with van der Waals surface area (Å²) in [5.74, 6) is 6.91. The van der Waals surface area contributed by atoms with Crippen LogP contribution in [0.3, 0.4) is 0 Å². The third-order valence-electron chi connectivity index (χ3n) is 3.25. The van der Waals surface area contributed by atoms with Crippen LogP contribution in [0.2, 0.25) is 0 Å². The fourth-order valence-corrected chi connectivity index (χ4v) is 2.03. The van der Waals surface area contributed by atoms with Crippen LogP contribution in [0.1, 0.15) is 23.5 Å². The molecule has 5 heteroatoms. The van der Waals surface area contributed by atoms with Crippen LogP contribution >= 0.6 is 0 Å². The maximum Gasteiger partial charge on any atom is 0.450 e. The van der Waals surface area contributed by atoms with Gasteiger partial charge in [-0.2, -0.15) is 13.2 Å². The monoisotopic (exact) mass is 344 g/mol. The molecule has 0 amide bonds. The first-order valence-corrected chi connectivity index (χ1v) is 7.28. The third-order valence-corrected chi connectivity index (χ3v) is 3.25. The number of carbonyl (C=O) groups is 1. The van der Waals surface area contributed by atoms with Gasteiger partial charge in [0.05, 0.1) is 5.92 Å². The van der Waals surface area contributed by atoms with Crippen molar-refractivity contribution in [2.45, 2.75) is 18.5 Å². The van der Waals surface area contributed by atoms with E-state index >= 15 is 0 Å². The highest BCUT2D eigenvalue weighted by molar-refractivity contribution is 5.85. The Labute approximate surface area is 142 Å². The molecular formula is C20H12F4O. The largest absolute Gasteiger partial charge is 0.450 e. The predicted molar refractivity (Wildman–Crippen MR) is 85.9 cm³/mol. The summed E-state index contributed by atoms with van der Waals surface area (Å²) in [7, 11) is 0. The number of alkyl halides is 3. The molecule has 0 fully saturated rings. The molecule has 1 nitrogen and oxygen atoms in total. The number of ketones is 1. The van der Waals surface area contributed by atoms with Crippen LogP contribution in [0.4, 0.5) is 17.6 Å². The van der Waals surface area contributed by atoms with Gasteiger partial charge in [-0.15, -0.1) is 0 Å². The summed E-state index contributed by atoms with van der Waals surface area (Å²) < 4.78 is 50.6. The highest BCUT2D eigenvalue weighted by atomic mass is 19.4. The molecule has 0 aliphatic carbocycles. The molecule has 0 aliphatic heterocycles. The van der Waals surface area contributed by atoms with Crippen molar-refractivity contribution in [3.05, 3.63) is 71.5 Å². The van der Waals surface area contributed by atoms with Gasteiger partial charge in [0.1, 0.15) is 5.82 Å². The van der Waals surface area contributed by atoms with Gasteiger partial charge in [-0.3, -0.25) is 4.79 Å². The molecule has 0 bridgehead atoms. The molecule has 2 aromatic rings. The second-order valence-corrected chi connectivity index (χ2v) is 5.12. The van der Waals surface area contributed by atoms with E-state index in [1.165, 1.54) is 18.2 Å². The molecule has 0 aromatic heterocycles. The van der Waals surface area contributed by atoms with E-state index in [9.17, 15) is 22.4 Å². The summed E-state index contributed by atoms with van der Waals surface area (Å²) >= 11 is 0. The summed E-state index contributed by atoms with van der Waals surface area (Å²) in [5.41, 5.74) is 0.900. The van der Waals surface area contributed by atoms with E-state index in [2.05, 4.69) is 23.7 Å². The van der Waals surface area contributed by atoms with Gasteiger partial charge in [0.2, 0.25) is 5.78 Å². The molecular weight excluding hydrogens is 332 g/mol. The first-order chi connectivity index (χ1) is 11.9. The number of halogens is 4. The fraction of sp³-hybridized carbons (Fsp3) is 0.150. The van der Waals surface area contributed by atoms with Crippen molar-refractivity contribution < 1.29 is 22.4 Å². The molecule has 0 aliphatic rings. The molecule has 1 atom stereocenters. The van der Waals surface area contributed by atoms with Gasteiger partial charge >= 0.3 is 6.18 Å². The molecule has 2 rings (SSSR count). The van der Waals surface area contributed by atoms with Crippen LogP contribution in [0, 0.1) is 29.5 Å². The highest BCUT2D eigenvalue weighted by Crippen LogP contribution is 2.25. The van der Waals surface area contributed by atoms with Gasteiger partial charge < -0.3 is 0 Å². The summed E-state index contributed by atoms with van der Waals surface area (Å²) in [6.45, 7) is 0. The van der Waals surface area contributed by atoms with Crippen molar-refractivity contribution >= 4 is 5.78 Å². The van der Waals surface area contributed by atoms with E-state index in [1.807, 2.05) is 0 Å². The molecule has 25 heavy (non-hydrogen) atoms. The maximum absolute atomic E-state index is 13.0. The van der Waals surface area contributed by atoms with E-state index in [0.717, 1.165) is 0 Å². The fourth-order valence-electron chi connectivity index (χ4n) is 2.03. The van der Waals surface area contributed by atoms with Gasteiger partial charge in [0, 0.05) is 12.0 Å². The zero-order valence-electron chi connectivity index (χ0n) is 12.9. The molecule has 0 saturated heterocycles. The predicted octanol–water partition coefficient (Wildman–Crippen LogP) is 4.49. The van der Waals surface area contributed by atoms with E-state index in [0.29, 0.717) is 11.1 Å². The number of benzene rings is 2. The molecule has 0 spiro atoms. The first-order valence-electron chi connectivity index (χ1n) is 7.28. The zero-order chi connectivity index (χ0) is 18.3. The van der Waals surface area contributed by atoms with Crippen LogP contribution < -0.4 is 0 Å². The lowest BCUT2D eigenvalue weighted by atomic mass is 9.94. The Morgan fingerprint density at radius 2 is 1.72 bits per heavy atom. The Bertz CT molecular complexity index is 862. The average Bonchev–Trinajstić information content (AvgIpc) is 2.57. The topological polar surface area (TPSA) is 17.1 Å². The smallest absolute Gasteiger partial charge is 0.290 e. The van der Waals surface area contributed by atoms with E-state index in [-0.39, 0.29) is 0 Å². The molecule has 0 heterocycles. The molecule has 0 N–H and O–H groups in total. The Morgan fingerprint density at radius 3 is 2.36 bits per heavy atom. The van der Waals surface area contributed by atoms with Crippen LogP contribution in [0.5, 0.6) is 0 Å². The lowest BCUT2D eigenvalue weighted by Crippen LogP contribution is -2.24. The molecule has 126 valence electrons. The third kappa shape index (κ3) is 5.82. The van der Waals surface area contributed by atoms with Crippen molar-refractivity contribution in [1.29, 1.82) is 0 Å². The Kier molecular flexibility index (Phi) is 5.98. The van der Waals surface area contributed by atoms with Crippen molar-refractivity contribution in [3.63, 3.8) is 0 Å². The molecule has 0 saturated carbocycles. The SMILES string of the molecule is O=C(C[C@@H](C#CC#Cc1cccc(F)c1)c1ccccc1)C(F)(F)F. The standard InChI is InChI=1S/C20H12F4O/c21-18-12-6-8-15(13-18)7-4-5-11-17(14-19(25)20(22,23)24)16-9-2-1-3-10-16/h1-3,6,8-10,12-13,17H,14H2/t17-/m1/s1.